The third kappa shape index (κ3) is 3.77. The van der Waals surface area contributed by atoms with Crippen LogP contribution in [0.4, 0.5) is 0 Å². The van der Waals surface area contributed by atoms with E-state index >= 15 is 0 Å². The Morgan fingerprint density at radius 1 is 1.23 bits per heavy atom. The summed E-state index contributed by atoms with van der Waals surface area (Å²) in [5, 5.41) is 0. The molecular weight excluding hydrogens is 378 g/mol. The second-order valence-corrected chi connectivity index (χ2v) is 7.52. The summed E-state index contributed by atoms with van der Waals surface area (Å²) >= 11 is 0. The number of ketones is 2. The summed E-state index contributed by atoms with van der Waals surface area (Å²) in [6.07, 6.45) is 11.0. The van der Waals surface area contributed by atoms with Gasteiger partial charge >= 0.3 is 0 Å². The van der Waals surface area contributed by atoms with Crippen LogP contribution in [0.3, 0.4) is 0 Å². The Morgan fingerprint density at radius 3 is 2.90 bits per heavy atom. The van der Waals surface area contributed by atoms with Gasteiger partial charge in [-0.15, -0.1) is 6.42 Å². The summed E-state index contributed by atoms with van der Waals surface area (Å²) in [6, 6.07) is 4.99. The van der Waals surface area contributed by atoms with E-state index in [1.807, 2.05) is 16.7 Å². The number of unbranched alkanes of at least 4 members (excludes halogenated alkanes) is 1. The zero-order chi connectivity index (χ0) is 21.1. The number of benzene rings is 1. The number of hydrogen-bond acceptors (Lipinski definition) is 4. The fourth-order valence-electron chi connectivity index (χ4n) is 4.03. The van der Waals surface area contributed by atoms with Crippen LogP contribution in [0.25, 0.3) is 0 Å². The van der Waals surface area contributed by atoms with Crippen molar-refractivity contribution in [1.82, 2.24) is 14.5 Å². The average Bonchev–Trinajstić information content (AvgIpc) is 3.33. The lowest BCUT2D eigenvalue weighted by molar-refractivity contribution is -0.133. The maximum Gasteiger partial charge on any atom is 0.255 e. The normalized spacial score (nSPS) is 18.0. The molecule has 1 aliphatic heterocycles. The number of aryl methyl sites for hydroxylation is 1. The highest BCUT2D eigenvalue weighted by Gasteiger charge is 2.39. The van der Waals surface area contributed by atoms with Crippen molar-refractivity contribution in [3.05, 3.63) is 53.1 Å². The fourth-order valence-corrected chi connectivity index (χ4v) is 4.03. The first-order valence-corrected chi connectivity index (χ1v) is 10.0. The molecule has 1 saturated carbocycles. The predicted molar refractivity (Wildman–Crippen MR) is 110 cm³/mol. The number of terminal acetylenes is 1. The molecule has 6 nitrogen and oxygen atoms in total. The Balaban J connectivity index is 1.43. The molecule has 4 rings (SSSR count). The van der Waals surface area contributed by atoms with E-state index in [4.69, 9.17) is 6.42 Å². The number of aromatic nitrogens is 2. The Hall–Kier alpha value is -3.64. The molecule has 2 aromatic rings. The van der Waals surface area contributed by atoms with Crippen LogP contribution in [0.1, 0.15) is 59.3 Å². The molecule has 6 heteroatoms. The van der Waals surface area contributed by atoms with E-state index in [1.54, 1.807) is 23.5 Å². The van der Waals surface area contributed by atoms with E-state index in [1.165, 1.54) is 0 Å². The monoisotopic (exact) mass is 399 g/mol. The number of imidazole rings is 1. The van der Waals surface area contributed by atoms with Gasteiger partial charge in [-0.25, -0.2) is 4.98 Å². The van der Waals surface area contributed by atoms with Gasteiger partial charge in [0.1, 0.15) is 11.5 Å². The number of rotatable bonds is 4. The summed E-state index contributed by atoms with van der Waals surface area (Å²) < 4.78 is 1.92. The number of nitrogens with zero attached hydrogens (tertiary/aromatic N) is 3. The highest BCUT2D eigenvalue weighted by Crippen LogP contribution is 2.30. The highest BCUT2D eigenvalue weighted by molar-refractivity contribution is 6.07. The number of amides is 1. The molecule has 150 valence electrons. The maximum atomic E-state index is 12.9. The van der Waals surface area contributed by atoms with Crippen molar-refractivity contribution in [3.8, 4) is 24.2 Å². The Bertz CT molecular complexity index is 1130. The largest absolute Gasteiger partial charge is 0.324 e. The molecule has 0 saturated heterocycles. The van der Waals surface area contributed by atoms with E-state index in [9.17, 15) is 14.4 Å². The summed E-state index contributed by atoms with van der Waals surface area (Å²) in [6.45, 7) is 1.11. The first kappa shape index (κ1) is 19.7. The van der Waals surface area contributed by atoms with Crippen LogP contribution >= 0.6 is 0 Å². The van der Waals surface area contributed by atoms with Gasteiger partial charge in [-0.05, 0) is 30.5 Å². The van der Waals surface area contributed by atoms with Crippen molar-refractivity contribution in [3.63, 3.8) is 0 Å². The van der Waals surface area contributed by atoms with Crippen molar-refractivity contribution in [2.24, 2.45) is 0 Å². The number of carbonyl (C=O) groups is 3. The van der Waals surface area contributed by atoms with Gasteiger partial charge in [0.15, 0.2) is 5.78 Å². The van der Waals surface area contributed by atoms with E-state index in [0.29, 0.717) is 31.4 Å². The molecule has 1 aromatic carbocycles. The van der Waals surface area contributed by atoms with Gasteiger partial charge < -0.3 is 9.47 Å². The Kier molecular flexibility index (Phi) is 5.50. The van der Waals surface area contributed by atoms with Crippen LogP contribution in [-0.4, -0.2) is 38.0 Å². The minimum absolute atomic E-state index is 0.0444. The zero-order valence-electron chi connectivity index (χ0n) is 16.6. The molecule has 0 N–H and O–H groups in total. The molecule has 30 heavy (non-hydrogen) atoms. The van der Waals surface area contributed by atoms with E-state index < -0.39 is 6.04 Å². The van der Waals surface area contributed by atoms with Crippen molar-refractivity contribution in [1.29, 1.82) is 0 Å². The van der Waals surface area contributed by atoms with Gasteiger partial charge in [0, 0.05) is 37.1 Å². The molecule has 1 unspecified atom stereocenters. The summed E-state index contributed by atoms with van der Waals surface area (Å²) in [7, 11) is 0. The zero-order valence-corrected chi connectivity index (χ0v) is 16.6. The number of hydrogen-bond donors (Lipinski definition) is 0. The first-order valence-electron chi connectivity index (χ1n) is 10.0. The van der Waals surface area contributed by atoms with Gasteiger partial charge in [-0.2, -0.15) is 0 Å². The molecule has 2 heterocycles. The molecule has 0 radical (unpaired) electrons. The van der Waals surface area contributed by atoms with Gasteiger partial charge in [-0.3, -0.25) is 14.4 Å². The second-order valence-electron chi connectivity index (χ2n) is 7.52. The second kappa shape index (κ2) is 8.39. The number of carbonyl (C=O) groups excluding carboxylic acids is 3. The van der Waals surface area contributed by atoms with Crippen molar-refractivity contribution in [2.75, 3.05) is 0 Å². The smallest absolute Gasteiger partial charge is 0.255 e. The van der Waals surface area contributed by atoms with Crippen LogP contribution in [0.5, 0.6) is 0 Å². The topological polar surface area (TPSA) is 72.3 Å². The Labute approximate surface area is 175 Å². The highest BCUT2D eigenvalue weighted by atomic mass is 16.2. The van der Waals surface area contributed by atoms with Crippen LogP contribution in [0.2, 0.25) is 0 Å². The molecule has 0 bridgehead atoms. The molecule has 1 aromatic heterocycles. The maximum absolute atomic E-state index is 12.9. The predicted octanol–water partition coefficient (Wildman–Crippen LogP) is 2.34. The van der Waals surface area contributed by atoms with Crippen molar-refractivity contribution in [2.45, 2.75) is 51.2 Å². The van der Waals surface area contributed by atoms with E-state index in [-0.39, 0.29) is 23.9 Å². The summed E-state index contributed by atoms with van der Waals surface area (Å²) in [5.74, 6) is 8.60. The van der Waals surface area contributed by atoms with Crippen LogP contribution in [-0.2, 0) is 22.7 Å². The fraction of sp³-hybridized carbons (Fsp3) is 0.333. The lowest BCUT2D eigenvalue weighted by Crippen LogP contribution is -2.44. The van der Waals surface area contributed by atoms with Gasteiger partial charge in [0.05, 0.1) is 25.0 Å². The SMILES string of the molecule is C#Cc1cncn1CCCC#Cc1cccc2c1CN(C1CCC(=O)CC1=O)C2=O. The van der Waals surface area contributed by atoms with Crippen LogP contribution in [0, 0.1) is 24.2 Å². The molecular formula is C24H21N3O3. The van der Waals surface area contributed by atoms with Crippen molar-refractivity contribution >= 4 is 17.5 Å². The van der Waals surface area contributed by atoms with E-state index in [2.05, 4.69) is 22.7 Å². The number of fused-ring (bicyclic) bond motifs is 1. The van der Waals surface area contributed by atoms with Crippen LogP contribution < -0.4 is 0 Å². The minimum Gasteiger partial charge on any atom is -0.324 e. The summed E-state index contributed by atoms with van der Waals surface area (Å²) in [5.41, 5.74) is 3.03. The average molecular weight is 399 g/mol. The molecule has 1 aliphatic carbocycles. The third-order valence-corrected chi connectivity index (χ3v) is 5.60. The third-order valence-electron chi connectivity index (χ3n) is 5.60. The van der Waals surface area contributed by atoms with Gasteiger partial charge in [-0.1, -0.05) is 23.8 Å². The van der Waals surface area contributed by atoms with Crippen molar-refractivity contribution < 1.29 is 14.4 Å². The van der Waals surface area contributed by atoms with Gasteiger partial charge in [0.2, 0.25) is 0 Å². The minimum atomic E-state index is -0.510. The van der Waals surface area contributed by atoms with E-state index in [0.717, 1.165) is 29.8 Å². The molecule has 1 fully saturated rings. The summed E-state index contributed by atoms with van der Waals surface area (Å²) in [4.78, 5) is 42.3. The molecule has 0 spiro atoms. The standard InChI is InChI=1S/C24H21N3O3/c1-2-18-14-25-16-26(18)12-5-3-4-7-17-8-6-9-20-21(17)15-27(24(20)30)22-11-10-19(28)13-23(22)29/h1,6,8-9,14,16,22H,3,5,10-13,15H2. The Morgan fingerprint density at radius 2 is 2.10 bits per heavy atom. The van der Waals surface area contributed by atoms with Crippen LogP contribution in [0.15, 0.2) is 30.7 Å². The molecule has 1 atom stereocenters. The lowest BCUT2D eigenvalue weighted by Gasteiger charge is -2.29. The molecule has 1 amide bonds. The number of Topliss-reactive ketones (excluding diaryl/α,β-unsaturated/α-hetero) is 2. The van der Waals surface area contributed by atoms with Gasteiger partial charge in [0.25, 0.3) is 5.91 Å². The molecule has 2 aliphatic rings. The lowest BCUT2D eigenvalue weighted by atomic mass is 9.92. The quantitative estimate of drug-likeness (QED) is 0.449. The first-order chi connectivity index (χ1) is 14.6.